The standard InChI is InChI=1S/C15H24O2/c1-12(9-11-17-4)7-8-13-14(16)6-5-10-15(13,2)3/h7-8H,5-6,9-11H2,1-4H3/b12-7+,13-8+. The number of hydrogen-bond donors (Lipinski definition) is 0. The van der Waals surface area contributed by atoms with E-state index in [1.54, 1.807) is 7.11 Å². The molecular weight excluding hydrogens is 212 g/mol. The highest BCUT2D eigenvalue weighted by molar-refractivity contribution is 5.97. The van der Waals surface area contributed by atoms with Crippen LogP contribution in [-0.4, -0.2) is 19.5 Å². The molecule has 0 atom stereocenters. The Bertz CT molecular complexity index is 335. The zero-order chi connectivity index (χ0) is 12.9. The van der Waals surface area contributed by atoms with Crippen molar-refractivity contribution in [2.24, 2.45) is 5.41 Å². The van der Waals surface area contributed by atoms with Crippen molar-refractivity contribution >= 4 is 5.78 Å². The zero-order valence-electron chi connectivity index (χ0n) is 11.5. The smallest absolute Gasteiger partial charge is 0.159 e. The molecule has 96 valence electrons. The van der Waals surface area contributed by atoms with E-state index in [4.69, 9.17) is 4.74 Å². The van der Waals surface area contributed by atoms with E-state index in [2.05, 4.69) is 26.8 Å². The van der Waals surface area contributed by atoms with Crippen LogP contribution in [0.4, 0.5) is 0 Å². The summed E-state index contributed by atoms with van der Waals surface area (Å²) in [6.45, 7) is 7.14. The molecule has 0 N–H and O–H groups in total. The van der Waals surface area contributed by atoms with Gasteiger partial charge in [-0.05, 0) is 31.6 Å². The van der Waals surface area contributed by atoms with Gasteiger partial charge in [0.05, 0.1) is 0 Å². The highest BCUT2D eigenvalue weighted by Gasteiger charge is 2.31. The van der Waals surface area contributed by atoms with Crippen LogP contribution in [0, 0.1) is 5.41 Å². The van der Waals surface area contributed by atoms with E-state index in [9.17, 15) is 4.79 Å². The van der Waals surface area contributed by atoms with Gasteiger partial charge in [-0.15, -0.1) is 0 Å². The summed E-state index contributed by atoms with van der Waals surface area (Å²) in [7, 11) is 1.71. The molecule has 1 rings (SSSR count). The Morgan fingerprint density at radius 3 is 2.76 bits per heavy atom. The van der Waals surface area contributed by atoms with Crippen LogP contribution in [0.3, 0.4) is 0 Å². The summed E-state index contributed by atoms with van der Waals surface area (Å²) in [5.74, 6) is 0.317. The summed E-state index contributed by atoms with van der Waals surface area (Å²) < 4.78 is 5.04. The Hall–Kier alpha value is -0.890. The molecule has 0 saturated heterocycles. The number of ether oxygens (including phenoxy) is 1. The fourth-order valence-electron chi connectivity index (χ4n) is 2.23. The predicted molar refractivity (Wildman–Crippen MR) is 71.0 cm³/mol. The van der Waals surface area contributed by atoms with Gasteiger partial charge >= 0.3 is 0 Å². The van der Waals surface area contributed by atoms with Gasteiger partial charge < -0.3 is 4.74 Å². The van der Waals surface area contributed by atoms with Crippen LogP contribution in [0.25, 0.3) is 0 Å². The predicted octanol–water partition coefficient (Wildman–Crippen LogP) is 3.67. The molecule has 0 bridgehead atoms. The Morgan fingerprint density at radius 1 is 1.47 bits per heavy atom. The molecule has 0 unspecified atom stereocenters. The molecule has 17 heavy (non-hydrogen) atoms. The SMILES string of the molecule is COCC/C(C)=C/C=C1\C(=O)CCCC1(C)C. The van der Waals surface area contributed by atoms with E-state index in [1.807, 2.05) is 6.08 Å². The molecule has 0 radical (unpaired) electrons. The maximum Gasteiger partial charge on any atom is 0.159 e. The summed E-state index contributed by atoms with van der Waals surface area (Å²) in [4.78, 5) is 11.9. The average Bonchev–Trinajstić information content (AvgIpc) is 2.24. The van der Waals surface area contributed by atoms with Crippen molar-refractivity contribution in [3.8, 4) is 0 Å². The van der Waals surface area contributed by atoms with Gasteiger partial charge in [-0.25, -0.2) is 0 Å². The first-order valence-corrected chi connectivity index (χ1v) is 6.37. The van der Waals surface area contributed by atoms with Gasteiger partial charge in [0, 0.05) is 25.7 Å². The van der Waals surface area contributed by atoms with E-state index in [0.717, 1.165) is 31.4 Å². The minimum atomic E-state index is 0.0351. The minimum absolute atomic E-state index is 0.0351. The van der Waals surface area contributed by atoms with Gasteiger partial charge in [0.1, 0.15) is 0 Å². The Morgan fingerprint density at radius 2 is 2.18 bits per heavy atom. The van der Waals surface area contributed by atoms with Crippen molar-refractivity contribution < 1.29 is 9.53 Å². The van der Waals surface area contributed by atoms with Crippen LogP contribution in [0.5, 0.6) is 0 Å². The second-order valence-corrected chi connectivity index (χ2v) is 5.50. The first kappa shape index (κ1) is 14.2. The van der Waals surface area contributed by atoms with Crippen molar-refractivity contribution in [3.63, 3.8) is 0 Å². The molecule has 0 amide bonds. The first-order valence-electron chi connectivity index (χ1n) is 6.37. The number of hydrogen-bond acceptors (Lipinski definition) is 2. The third-order valence-electron chi connectivity index (χ3n) is 3.47. The highest BCUT2D eigenvalue weighted by atomic mass is 16.5. The Balaban J connectivity index is 2.77. The maximum absolute atomic E-state index is 11.9. The van der Waals surface area contributed by atoms with Crippen molar-refractivity contribution in [2.75, 3.05) is 13.7 Å². The summed E-state index contributed by atoms with van der Waals surface area (Å²) in [6.07, 6.45) is 7.85. The van der Waals surface area contributed by atoms with Gasteiger partial charge in [0.15, 0.2) is 5.78 Å². The van der Waals surface area contributed by atoms with Gasteiger partial charge in [-0.2, -0.15) is 0 Å². The number of ketones is 1. The molecule has 0 spiro atoms. The van der Waals surface area contributed by atoms with Crippen LogP contribution < -0.4 is 0 Å². The molecular formula is C15H24O2. The molecule has 0 aromatic rings. The summed E-state index contributed by atoms with van der Waals surface area (Å²) in [6, 6.07) is 0. The second-order valence-electron chi connectivity index (χ2n) is 5.50. The zero-order valence-corrected chi connectivity index (χ0v) is 11.5. The number of methoxy groups -OCH3 is 1. The van der Waals surface area contributed by atoms with Crippen molar-refractivity contribution in [2.45, 2.75) is 46.5 Å². The number of carbonyl (C=O) groups is 1. The third-order valence-corrected chi connectivity index (χ3v) is 3.47. The molecule has 0 heterocycles. The lowest BCUT2D eigenvalue weighted by atomic mass is 9.72. The molecule has 1 aliphatic carbocycles. The largest absolute Gasteiger partial charge is 0.384 e. The quantitative estimate of drug-likeness (QED) is 0.696. The molecule has 1 aliphatic rings. The fourth-order valence-corrected chi connectivity index (χ4v) is 2.23. The lowest BCUT2D eigenvalue weighted by molar-refractivity contribution is -0.117. The van der Waals surface area contributed by atoms with Gasteiger partial charge in [0.2, 0.25) is 0 Å². The van der Waals surface area contributed by atoms with Crippen molar-refractivity contribution in [1.29, 1.82) is 0 Å². The van der Waals surface area contributed by atoms with Crippen LogP contribution in [0.15, 0.2) is 23.3 Å². The molecule has 0 aromatic carbocycles. The lowest BCUT2D eigenvalue weighted by Gasteiger charge is -2.31. The van der Waals surface area contributed by atoms with Gasteiger partial charge in [-0.1, -0.05) is 31.6 Å². The summed E-state index contributed by atoms with van der Waals surface area (Å²) in [5.41, 5.74) is 2.28. The van der Waals surface area contributed by atoms with E-state index in [-0.39, 0.29) is 5.41 Å². The van der Waals surface area contributed by atoms with Crippen molar-refractivity contribution in [1.82, 2.24) is 0 Å². The molecule has 2 nitrogen and oxygen atoms in total. The lowest BCUT2D eigenvalue weighted by Crippen LogP contribution is -2.26. The molecule has 1 saturated carbocycles. The average molecular weight is 236 g/mol. The van der Waals surface area contributed by atoms with Gasteiger partial charge in [0.25, 0.3) is 0 Å². The Kier molecular flexibility index (Phi) is 5.13. The second kappa shape index (κ2) is 6.15. The highest BCUT2D eigenvalue weighted by Crippen LogP contribution is 2.38. The normalized spacial score (nSPS) is 23.2. The first-order chi connectivity index (χ1) is 7.97. The molecule has 0 aliphatic heterocycles. The minimum Gasteiger partial charge on any atom is -0.384 e. The third kappa shape index (κ3) is 4.12. The Labute approximate surface area is 105 Å². The number of Topliss-reactive ketones (excluding diaryl/α,β-unsaturated/α-hetero) is 1. The van der Waals surface area contributed by atoms with E-state index in [1.165, 1.54) is 5.57 Å². The van der Waals surface area contributed by atoms with Gasteiger partial charge in [-0.3, -0.25) is 4.79 Å². The van der Waals surface area contributed by atoms with E-state index < -0.39 is 0 Å². The number of allylic oxidation sites excluding steroid dienone is 3. The van der Waals surface area contributed by atoms with E-state index >= 15 is 0 Å². The van der Waals surface area contributed by atoms with E-state index in [0.29, 0.717) is 12.2 Å². The molecule has 0 aromatic heterocycles. The van der Waals surface area contributed by atoms with Crippen LogP contribution in [0.2, 0.25) is 0 Å². The molecule has 2 heteroatoms. The monoisotopic (exact) mass is 236 g/mol. The van der Waals surface area contributed by atoms with Crippen LogP contribution in [0.1, 0.15) is 46.5 Å². The summed E-state index contributed by atoms with van der Waals surface area (Å²) in [5, 5.41) is 0. The molecule has 1 fully saturated rings. The van der Waals surface area contributed by atoms with Crippen molar-refractivity contribution in [3.05, 3.63) is 23.3 Å². The van der Waals surface area contributed by atoms with Crippen LogP contribution in [-0.2, 0) is 9.53 Å². The topological polar surface area (TPSA) is 26.3 Å². The fraction of sp³-hybridized carbons (Fsp3) is 0.667. The number of carbonyl (C=O) groups excluding carboxylic acids is 1. The van der Waals surface area contributed by atoms with Crippen LogP contribution >= 0.6 is 0 Å². The number of rotatable bonds is 4. The summed E-state index contributed by atoms with van der Waals surface area (Å²) >= 11 is 0. The maximum atomic E-state index is 11.9.